The van der Waals surface area contributed by atoms with Gasteiger partial charge in [0.15, 0.2) is 0 Å². The van der Waals surface area contributed by atoms with Crippen LogP contribution in [-0.4, -0.2) is 29.9 Å². The minimum atomic E-state index is -0.644. The molecule has 7 heteroatoms. The number of halogens is 2. The Morgan fingerprint density at radius 3 is 2.44 bits per heavy atom. The number of benzene rings is 2. The van der Waals surface area contributed by atoms with Crippen molar-refractivity contribution in [2.24, 2.45) is 0 Å². The number of rotatable bonds is 7. The maximum atomic E-state index is 12.6. The van der Waals surface area contributed by atoms with Crippen LogP contribution in [0.1, 0.15) is 16.8 Å². The van der Waals surface area contributed by atoms with Crippen molar-refractivity contribution in [2.45, 2.75) is 12.5 Å². The van der Waals surface area contributed by atoms with E-state index in [1.807, 2.05) is 12.3 Å². The van der Waals surface area contributed by atoms with Crippen molar-refractivity contribution in [1.82, 2.24) is 5.32 Å². The first-order valence-corrected chi connectivity index (χ1v) is 9.77. The molecule has 0 spiro atoms. The summed E-state index contributed by atoms with van der Waals surface area (Å²) in [6.45, 7) is 0. The highest BCUT2D eigenvalue weighted by Gasteiger charge is 2.21. The Morgan fingerprint density at radius 2 is 1.80 bits per heavy atom. The molecule has 25 heavy (non-hydrogen) atoms. The Morgan fingerprint density at radius 1 is 1.08 bits per heavy atom. The molecular weight excluding hydrogens is 379 g/mol. The number of thioether (sulfide) groups is 1. The topological polar surface area (TPSA) is 58.2 Å². The number of hydrogen-bond acceptors (Lipinski definition) is 3. The van der Waals surface area contributed by atoms with Gasteiger partial charge in [-0.05, 0) is 48.8 Å². The molecule has 2 aromatic carbocycles. The zero-order chi connectivity index (χ0) is 18.2. The van der Waals surface area contributed by atoms with Crippen LogP contribution in [0, 0.1) is 0 Å². The zero-order valence-electron chi connectivity index (χ0n) is 13.6. The van der Waals surface area contributed by atoms with Gasteiger partial charge < -0.3 is 10.6 Å². The summed E-state index contributed by atoms with van der Waals surface area (Å²) in [5, 5.41) is 6.33. The van der Waals surface area contributed by atoms with Crippen LogP contribution >= 0.6 is 35.0 Å². The summed E-state index contributed by atoms with van der Waals surface area (Å²) in [5.74, 6) is 0.168. The van der Waals surface area contributed by atoms with Gasteiger partial charge in [0.1, 0.15) is 6.04 Å². The van der Waals surface area contributed by atoms with E-state index in [0.29, 0.717) is 27.7 Å². The molecule has 2 rings (SSSR count). The van der Waals surface area contributed by atoms with Gasteiger partial charge in [0.2, 0.25) is 5.91 Å². The van der Waals surface area contributed by atoms with Crippen LogP contribution < -0.4 is 10.6 Å². The van der Waals surface area contributed by atoms with Crippen molar-refractivity contribution in [2.75, 3.05) is 17.3 Å². The predicted octanol–water partition coefficient (Wildman–Crippen LogP) is 4.48. The normalized spacial score (nSPS) is 11.6. The third kappa shape index (κ3) is 5.96. The Labute approximate surface area is 161 Å². The van der Waals surface area contributed by atoms with E-state index >= 15 is 0 Å². The molecule has 1 unspecified atom stereocenters. The molecule has 4 nitrogen and oxygen atoms in total. The van der Waals surface area contributed by atoms with Crippen molar-refractivity contribution in [1.29, 1.82) is 0 Å². The van der Waals surface area contributed by atoms with Crippen molar-refractivity contribution in [3.63, 3.8) is 0 Å². The SMILES string of the molecule is CSCCC(NC(=O)c1ccccc1)C(=O)Nc1ccc(Cl)c(Cl)c1. The molecule has 0 aliphatic rings. The van der Waals surface area contributed by atoms with Crippen molar-refractivity contribution < 1.29 is 9.59 Å². The van der Waals surface area contributed by atoms with Gasteiger partial charge in [-0.3, -0.25) is 9.59 Å². The van der Waals surface area contributed by atoms with Crippen LogP contribution in [-0.2, 0) is 4.79 Å². The van der Waals surface area contributed by atoms with Gasteiger partial charge in [0, 0.05) is 11.3 Å². The molecule has 0 heterocycles. The molecule has 0 fully saturated rings. The van der Waals surface area contributed by atoms with Crippen LogP contribution in [0.15, 0.2) is 48.5 Å². The number of nitrogens with one attached hydrogen (secondary N) is 2. The fraction of sp³-hybridized carbons (Fsp3) is 0.222. The molecule has 0 saturated heterocycles. The monoisotopic (exact) mass is 396 g/mol. The van der Waals surface area contributed by atoms with Gasteiger partial charge in [-0.1, -0.05) is 41.4 Å². The zero-order valence-corrected chi connectivity index (χ0v) is 15.9. The Balaban J connectivity index is 2.08. The highest BCUT2D eigenvalue weighted by Crippen LogP contribution is 2.25. The van der Waals surface area contributed by atoms with Crippen molar-refractivity contribution in [3.8, 4) is 0 Å². The number of hydrogen-bond donors (Lipinski definition) is 2. The quantitative estimate of drug-likeness (QED) is 0.724. The second-order valence-electron chi connectivity index (χ2n) is 5.29. The van der Waals surface area contributed by atoms with Crippen molar-refractivity contribution in [3.05, 3.63) is 64.1 Å². The Kier molecular flexibility index (Phi) is 7.62. The third-order valence-corrected chi connectivity index (χ3v) is 4.84. The van der Waals surface area contributed by atoms with Gasteiger partial charge in [-0.2, -0.15) is 11.8 Å². The molecule has 2 N–H and O–H groups in total. The number of anilines is 1. The molecule has 132 valence electrons. The lowest BCUT2D eigenvalue weighted by molar-refractivity contribution is -0.118. The van der Waals surface area contributed by atoms with E-state index in [0.717, 1.165) is 5.75 Å². The van der Waals surface area contributed by atoms with Crippen LogP contribution in [0.25, 0.3) is 0 Å². The van der Waals surface area contributed by atoms with E-state index in [4.69, 9.17) is 23.2 Å². The molecule has 0 aliphatic carbocycles. The summed E-state index contributed by atoms with van der Waals surface area (Å²) in [7, 11) is 0. The summed E-state index contributed by atoms with van der Waals surface area (Å²) in [5.41, 5.74) is 1.04. The number of carbonyl (C=O) groups is 2. The van der Waals surface area contributed by atoms with E-state index < -0.39 is 6.04 Å². The molecule has 0 saturated carbocycles. The molecule has 0 bridgehead atoms. The second-order valence-corrected chi connectivity index (χ2v) is 7.09. The first-order chi connectivity index (χ1) is 12.0. The summed E-state index contributed by atoms with van der Waals surface area (Å²) >= 11 is 13.5. The molecule has 2 amide bonds. The van der Waals surface area contributed by atoms with Gasteiger partial charge >= 0.3 is 0 Å². The lowest BCUT2D eigenvalue weighted by Gasteiger charge is -2.18. The highest BCUT2D eigenvalue weighted by molar-refractivity contribution is 7.98. The second kappa shape index (κ2) is 9.70. The Bertz CT molecular complexity index is 741. The lowest BCUT2D eigenvalue weighted by atomic mass is 10.1. The molecule has 2 aromatic rings. The van der Waals surface area contributed by atoms with Gasteiger partial charge in [-0.25, -0.2) is 0 Å². The van der Waals surface area contributed by atoms with Gasteiger partial charge in [-0.15, -0.1) is 0 Å². The first-order valence-electron chi connectivity index (χ1n) is 7.62. The molecule has 0 aliphatic heterocycles. The summed E-state index contributed by atoms with van der Waals surface area (Å²) < 4.78 is 0. The van der Waals surface area contributed by atoms with E-state index in [1.54, 1.807) is 54.2 Å². The van der Waals surface area contributed by atoms with Crippen molar-refractivity contribution >= 4 is 52.5 Å². The maximum Gasteiger partial charge on any atom is 0.251 e. The van der Waals surface area contributed by atoms with Crippen LogP contribution in [0.4, 0.5) is 5.69 Å². The summed E-state index contributed by atoms with van der Waals surface area (Å²) in [6.07, 6.45) is 2.47. The van der Waals surface area contributed by atoms with E-state index in [-0.39, 0.29) is 11.8 Å². The third-order valence-electron chi connectivity index (χ3n) is 3.46. The van der Waals surface area contributed by atoms with Crippen LogP contribution in [0.5, 0.6) is 0 Å². The molecule has 0 aromatic heterocycles. The Hall–Kier alpha value is -1.69. The average molecular weight is 397 g/mol. The molecular formula is C18H18Cl2N2O2S. The summed E-state index contributed by atoms with van der Waals surface area (Å²) in [6, 6.07) is 13.0. The average Bonchev–Trinajstić information content (AvgIpc) is 2.62. The largest absolute Gasteiger partial charge is 0.340 e. The molecule has 0 radical (unpaired) electrons. The number of carbonyl (C=O) groups excluding carboxylic acids is 2. The fourth-order valence-electron chi connectivity index (χ4n) is 2.14. The van der Waals surface area contributed by atoms with E-state index in [9.17, 15) is 9.59 Å². The van der Waals surface area contributed by atoms with Gasteiger partial charge in [0.05, 0.1) is 10.0 Å². The van der Waals surface area contributed by atoms with Crippen LogP contribution in [0.3, 0.4) is 0 Å². The fourth-order valence-corrected chi connectivity index (χ4v) is 2.91. The minimum Gasteiger partial charge on any atom is -0.340 e. The first kappa shape index (κ1) is 19.6. The van der Waals surface area contributed by atoms with E-state index in [1.165, 1.54) is 0 Å². The standard InChI is InChI=1S/C18H18Cl2N2O2S/c1-25-10-9-16(22-17(23)12-5-3-2-4-6-12)18(24)21-13-7-8-14(19)15(20)11-13/h2-8,11,16H,9-10H2,1H3,(H,21,24)(H,22,23). The number of amides is 2. The smallest absolute Gasteiger partial charge is 0.251 e. The minimum absolute atomic E-state index is 0.281. The maximum absolute atomic E-state index is 12.6. The summed E-state index contributed by atoms with van der Waals surface area (Å²) in [4.78, 5) is 24.9. The van der Waals surface area contributed by atoms with E-state index in [2.05, 4.69) is 10.6 Å². The predicted molar refractivity (Wildman–Crippen MR) is 106 cm³/mol. The van der Waals surface area contributed by atoms with Gasteiger partial charge in [0.25, 0.3) is 5.91 Å². The lowest BCUT2D eigenvalue weighted by Crippen LogP contribution is -2.44. The highest BCUT2D eigenvalue weighted by atomic mass is 35.5. The van der Waals surface area contributed by atoms with Crippen LogP contribution in [0.2, 0.25) is 10.0 Å². The molecule has 1 atom stereocenters.